The number of β-amino-alcohol motifs (C(OH)–C–C–N with tert-alkyl or cyclic N) is 1. The standard InChI is InChI=1S/C23H28N6O2/c1-15(2)29-16(3)25-13-21(29)20-10-11-24-23(27-20)26-18-8-6-17(7-9-18)22(31)28-12-4-5-19(30)14-28/h6-11,13,15,19,30H,4-5,12,14H2,1-3H3,(H,24,26,27)/t19-/m1/s1. The van der Waals surface area contributed by atoms with Crippen molar-refractivity contribution in [3.63, 3.8) is 0 Å². The first kappa shape index (κ1) is 21.0. The van der Waals surface area contributed by atoms with Crippen LogP contribution in [0.4, 0.5) is 11.6 Å². The summed E-state index contributed by atoms with van der Waals surface area (Å²) in [7, 11) is 0. The second-order valence-corrected chi connectivity index (χ2v) is 8.17. The van der Waals surface area contributed by atoms with E-state index in [4.69, 9.17) is 0 Å². The molecule has 162 valence electrons. The molecule has 3 aromatic rings. The van der Waals surface area contributed by atoms with Crippen molar-refractivity contribution in [3.8, 4) is 11.4 Å². The fraction of sp³-hybridized carbons (Fsp3) is 0.391. The van der Waals surface area contributed by atoms with Gasteiger partial charge in [0.25, 0.3) is 5.91 Å². The number of carbonyl (C=O) groups is 1. The van der Waals surface area contributed by atoms with Gasteiger partial charge in [0.1, 0.15) is 5.82 Å². The molecule has 2 aromatic heterocycles. The van der Waals surface area contributed by atoms with Gasteiger partial charge in [0, 0.05) is 36.6 Å². The second kappa shape index (κ2) is 8.85. The molecule has 2 N–H and O–H groups in total. The van der Waals surface area contributed by atoms with Crippen LogP contribution in [0.2, 0.25) is 0 Å². The monoisotopic (exact) mass is 420 g/mol. The molecule has 0 saturated carbocycles. The van der Waals surface area contributed by atoms with Crippen LogP contribution < -0.4 is 5.32 Å². The van der Waals surface area contributed by atoms with Crippen molar-refractivity contribution in [1.29, 1.82) is 0 Å². The molecular weight excluding hydrogens is 392 g/mol. The number of hydrogen-bond donors (Lipinski definition) is 2. The van der Waals surface area contributed by atoms with Crippen molar-refractivity contribution in [1.82, 2.24) is 24.4 Å². The van der Waals surface area contributed by atoms with Gasteiger partial charge in [0.15, 0.2) is 0 Å². The van der Waals surface area contributed by atoms with Gasteiger partial charge >= 0.3 is 0 Å². The SMILES string of the molecule is Cc1ncc(-c2ccnc(Nc3ccc(C(=O)N4CCC[C@@H](O)C4)cc3)n2)n1C(C)C. The summed E-state index contributed by atoms with van der Waals surface area (Å²) in [6.07, 6.45) is 4.70. The number of imidazole rings is 1. The van der Waals surface area contributed by atoms with Crippen LogP contribution in [0.5, 0.6) is 0 Å². The zero-order valence-corrected chi connectivity index (χ0v) is 18.1. The fourth-order valence-electron chi connectivity index (χ4n) is 4.00. The van der Waals surface area contributed by atoms with Crippen LogP contribution in [-0.4, -0.2) is 54.6 Å². The van der Waals surface area contributed by atoms with Gasteiger partial charge in [0.2, 0.25) is 5.95 Å². The molecule has 8 nitrogen and oxygen atoms in total. The summed E-state index contributed by atoms with van der Waals surface area (Å²) in [5, 5.41) is 13.0. The normalized spacial score (nSPS) is 16.5. The van der Waals surface area contributed by atoms with E-state index in [1.54, 1.807) is 23.2 Å². The maximum atomic E-state index is 12.7. The molecule has 1 fully saturated rings. The van der Waals surface area contributed by atoms with Crippen molar-refractivity contribution >= 4 is 17.5 Å². The average molecular weight is 421 g/mol. The lowest BCUT2D eigenvalue weighted by atomic mass is 10.1. The molecule has 3 heterocycles. The van der Waals surface area contributed by atoms with E-state index >= 15 is 0 Å². The quantitative estimate of drug-likeness (QED) is 0.655. The lowest BCUT2D eigenvalue weighted by molar-refractivity contribution is 0.0474. The van der Waals surface area contributed by atoms with E-state index in [0.717, 1.165) is 35.7 Å². The number of amides is 1. The summed E-state index contributed by atoms with van der Waals surface area (Å²) in [6, 6.07) is 9.39. The molecule has 0 bridgehead atoms. The number of nitrogens with zero attached hydrogens (tertiary/aromatic N) is 5. The zero-order chi connectivity index (χ0) is 22.0. The molecule has 0 radical (unpaired) electrons. The molecule has 8 heteroatoms. The Kier molecular flexibility index (Phi) is 5.99. The van der Waals surface area contributed by atoms with E-state index in [2.05, 4.69) is 38.7 Å². The first-order valence-corrected chi connectivity index (χ1v) is 10.6. The third kappa shape index (κ3) is 4.59. The number of hydrogen-bond acceptors (Lipinski definition) is 6. The summed E-state index contributed by atoms with van der Waals surface area (Å²) >= 11 is 0. The van der Waals surface area contributed by atoms with E-state index in [1.165, 1.54) is 0 Å². The van der Waals surface area contributed by atoms with Gasteiger partial charge in [0.05, 0.1) is 23.7 Å². The Morgan fingerprint density at radius 1 is 1.19 bits per heavy atom. The summed E-state index contributed by atoms with van der Waals surface area (Å²) in [5.41, 5.74) is 3.14. The number of aryl methyl sites for hydroxylation is 1. The van der Waals surface area contributed by atoms with Gasteiger partial charge in [-0.05, 0) is 63.9 Å². The minimum atomic E-state index is -0.432. The summed E-state index contributed by atoms with van der Waals surface area (Å²) in [6.45, 7) is 7.30. The average Bonchev–Trinajstić information content (AvgIpc) is 3.16. The van der Waals surface area contributed by atoms with Crippen molar-refractivity contribution in [2.75, 3.05) is 18.4 Å². The summed E-state index contributed by atoms with van der Waals surface area (Å²) in [5.74, 6) is 1.37. The molecule has 1 saturated heterocycles. The number of piperidine rings is 1. The Morgan fingerprint density at radius 3 is 2.68 bits per heavy atom. The van der Waals surface area contributed by atoms with Crippen LogP contribution in [0.1, 0.15) is 48.9 Å². The highest BCUT2D eigenvalue weighted by Gasteiger charge is 2.23. The van der Waals surface area contributed by atoms with Crippen LogP contribution in [0.3, 0.4) is 0 Å². The van der Waals surface area contributed by atoms with Gasteiger partial charge < -0.3 is 19.9 Å². The highest BCUT2D eigenvalue weighted by molar-refractivity contribution is 5.94. The predicted octanol–water partition coefficient (Wildman–Crippen LogP) is 3.57. The number of aliphatic hydroxyl groups is 1. The number of nitrogens with one attached hydrogen (secondary N) is 1. The Bertz CT molecular complexity index is 1060. The van der Waals surface area contributed by atoms with E-state index in [-0.39, 0.29) is 11.9 Å². The van der Waals surface area contributed by atoms with Crippen LogP contribution in [0.25, 0.3) is 11.4 Å². The number of anilines is 2. The largest absolute Gasteiger partial charge is 0.391 e. The first-order valence-electron chi connectivity index (χ1n) is 10.6. The summed E-state index contributed by atoms with van der Waals surface area (Å²) in [4.78, 5) is 27.8. The van der Waals surface area contributed by atoms with E-state index in [1.807, 2.05) is 31.3 Å². The third-order valence-corrected chi connectivity index (χ3v) is 5.49. The minimum Gasteiger partial charge on any atom is -0.391 e. The molecule has 1 aliphatic heterocycles. The molecule has 1 amide bonds. The fourth-order valence-corrected chi connectivity index (χ4v) is 4.00. The lowest BCUT2D eigenvalue weighted by Gasteiger charge is -2.30. The smallest absolute Gasteiger partial charge is 0.253 e. The molecule has 0 aliphatic carbocycles. The van der Waals surface area contributed by atoms with Crippen molar-refractivity contribution in [2.45, 2.75) is 45.8 Å². The zero-order valence-electron chi connectivity index (χ0n) is 18.1. The molecule has 0 unspecified atom stereocenters. The third-order valence-electron chi connectivity index (χ3n) is 5.49. The first-order chi connectivity index (χ1) is 14.9. The number of benzene rings is 1. The Hall–Kier alpha value is -3.26. The van der Waals surface area contributed by atoms with E-state index in [0.29, 0.717) is 24.6 Å². The van der Waals surface area contributed by atoms with Crippen LogP contribution in [0.15, 0.2) is 42.7 Å². The van der Waals surface area contributed by atoms with Gasteiger partial charge in [-0.1, -0.05) is 0 Å². The molecule has 4 rings (SSSR count). The predicted molar refractivity (Wildman–Crippen MR) is 119 cm³/mol. The molecule has 0 spiro atoms. The number of rotatable bonds is 5. The van der Waals surface area contributed by atoms with Gasteiger partial charge in [-0.3, -0.25) is 4.79 Å². The molecular formula is C23H28N6O2. The van der Waals surface area contributed by atoms with Gasteiger partial charge in [-0.25, -0.2) is 15.0 Å². The van der Waals surface area contributed by atoms with Gasteiger partial charge in [-0.15, -0.1) is 0 Å². The maximum Gasteiger partial charge on any atom is 0.253 e. The maximum absolute atomic E-state index is 12.7. The molecule has 1 aromatic carbocycles. The summed E-state index contributed by atoms with van der Waals surface area (Å²) < 4.78 is 2.14. The van der Waals surface area contributed by atoms with E-state index in [9.17, 15) is 9.90 Å². The number of likely N-dealkylation sites (tertiary alicyclic amines) is 1. The number of carbonyl (C=O) groups excluding carboxylic acids is 1. The van der Waals surface area contributed by atoms with E-state index < -0.39 is 6.10 Å². The number of aromatic nitrogens is 4. The van der Waals surface area contributed by atoms with Crippen molar-refractivity contribution in [2.24, 2.45) is 0 Å². The topological polar surface area (TPSA) is 96.2 Å². The minimum absolute atomic E-state index is 0.0548. The van der Waals surface area contributed by atoms with Crippen molar-refractivity contribution in [3.05, 3.63) is 54.1 Å². The van der Waals surface area contributed by atoms with Crippen molar-refractivity contribution < 1.29 is 9.90 Å². The van der Waals surface area contributed by atoms with Gasteiger partial charge in [-0.2, -0.15) is 0 Å². The van der Waals surface area contributed by atoms with Crippen LogP contribution in [0, 0.1) is 6.92 Å². The Labute approximate surface area is 182 Å². The Balaban J connectivity index is 1.49. The van der Waals surface area contributed by atoms with Crippen LogP contribution >= 0.6 is 0 Å². The molecule has 1 aliphatic rings. The highest BCUT2D eigenvalue weighted by Crippen LogP contribution is 2.24. The molecule has 1 atom stereocenters. The lowest BCUT2D eigenvalue weighted by Crippen LogP contribution is -2.42. The number of aliphatic hydroxyl groups excluding tert-OH is 1. The highest BCUT2D eigenvalue weighted by atomic mass is 16.3. The molecule has 31 heavy (non-hydrogen) atoms. The Morgan fingerprint density at radius 2 is 1.97 bits per heavy atom. The second-order valence-electron chi connectivity index (χ2n) is 8.17. The van der Waals surface area contributed by atoms with Crippen LogP contribution in [-0.2, 0) is 0 Å².